The van der Waals surface area contributed by atoms with Crippen molar-refractivity contribution in [2.75, 3.05) is 44.7 Å². The lowest BCUT2D eigenvalue weighted by atomic mass is 10.1. The maximum absolute atomic E-state index is 5.78. The number of guanidine groups is 1. The SMILES string of the molecule is CCc1nncn1CCNC(=NCC(c1ccco1)N1CCCCC1)NCCCSC.I. The highest BCUT2D eigenvalue weighted by Crippen LogP contribution is 2.25. The van der Waals surface area contributed by atoms with Gasteiger partial charge in [0.25, 0.3) is 0 Å². The molecule has 1 unspecified atom stereocenters. The predicted molar refractivity (Wildman–Crippen MR) is 143 cm³/mol. The first kappa shape index (κ1) is 27.0. The van der Waals surface area contributed by atoms with Gasteiger partial charge in [-0.3, -0.25) is 9.89 Å². The first-order valence-corrected chi connectivity index (χ1v) is 12.9. The number of halogens is 1. The summed E-state index contributed by atoms with van der Waals surface area (Å²) in [5, 5.41) is 15.2. The van der Waals surface area contributed by atoms with E-state index in [1.54, 1.807) is 12.6 Å². The quantitative estimate of drug-likeness (QED) is 0.173. The maximum Gasteiger partial charge on any atom is 0.191 e. The fraction of sp³-hybridized carbons (Fsp3) is 0.682. The van der Waals surface area contributed by atoms with Crippen LogP contribution in [0.1, 0.15) is 50.2 Å². The van der Waals surface area contributed by atoms with Crippen molar-refractivity contribution in [2.45, 2.75) is 51.6 Å². The molecular formula is C22H38IN7OS. The Morgan fingerprint density at radius 3 is 2.78 bits per heavy atom. The van der Waals surface area contributed by atoms with Crippen LogP contribution in [-0.2, 0) is 13.0 Å². The number of piperidine rings is 1. The number of furan rings is 1. The number of nitrogens with one attached hydrogen (secondary N) is 2. The summed E-state index contributed by atoms with van der Waals surface area (Å²) in [4.78, 5) is 7.48. The molecule has 0 radical (unpaired) electrons. The van der Waals surface area contributed by atoms with Gasteiger partial charge < -0.3 is 19.6 Å². The second kappa shape index (κ2) is 15.5. The van der Waals surface area contributed by atoms with Crippen LogP contribution in [0.25, 0.3) is 0 Å². The molecule has 1 saturated heterocycles. The van der Waals surface area contributed by atoms with Crippen LogP contribution >= 0.6 is 35.7 Å². The number of rotatable bonds is 12. The Bertz CT molecular complexity index is 762. The molecule has 2 aromatic heterocycles. The summed E-state index contributed by atoms with van der Waals surface area (Å²) in [6.45, 7) is 7.50. The van der Waals surface area contributed by atoms with Gasteiger partial charge in [0.1, 0.15) is 17.9 Å². The molecule has 3 rings (SSSR count). The minimum atomic E-state index is 0. The Morgan fingerprint density at radius 2 is 2.06 bits per heavy atom. The Balaban J connectivity index is 0.00000363. The zero-order valence-corrected chi connectivity index (χ0v) is 22.5. The van der Waals surface area contributed by atoms with Crippen molar-refractivity contribution >= 4 is 41.7 Å². The predicted octanol–water partition coefficient (Wildman–Crippen LogP) is 3.57. The Labute approximate surface area is 213 Å². The number of likely N-dealkylation sites (tertiary alicyclic amines) is 1. The van der Waals surface area contributed by atoms with Crippen molar-refractivity contribution in [3.63, 3.8) is 0 Å². The van der Waals surface area contributed by atoms with E-state index in [4.69, 9.17) is 9.41 Å². The van der Waals surface area contributed by atoms with E-state index in [9.17, 15) is 0 Å². The molecule has 0 bridgehead atoms. The van der Waals surface area contributed by atoms with Crippen LogP contribution in [0.2, 0.25) is 0 Å². The second-order valence-electron chi connectivity index (χ2n) is 7.81. The lowest BCUT2D eigenvalue weighted by molar-refractivity contribution is 0.150. The third-order valence-electron chi connectivity index (χ3n) is 5.60. The summed E-state index contributed by atoms with van der Waals surface area (Å²) >= 11 is 1.87. The molecule has 0 aliphatic carbocycles. The number of aryl methyl sites for hydroxylation is 1. The number of aliphatic imine (C=N–C) groups is 1. The number of thioether (sulfide) groups is 1. The number of aromatic nitrogens is 3. The van der Waals surface area contributed by atoms with E-state index in [1.807, 2.05) is 17.8 Å². The third kappa shape index (κ3) is 8.58. The molecule has 32 heavy (non-hydrogen) atoms. The minimum Gasteiger partial charge on any atom is -0.468 e. The van der Waals surface area contributed by atoms with Crippen LogP contribution in [0.3, 0.4) is 0 Å². The van der Waals surface area contributed by atoms with E-state index in [0.717, 1.165) is 68.9 Å². The van der Waals surface area contributed by atoms with Crippen molar-refractivity contribution in [1.82, 2.24) is 30.3 Å². The first-order chi connectivity index (χ1) is 15.3. The Hall–Kier alpha value is -1.27. The molecule has 3 heterocycles. The Morgan fingerprint density at radius 1 is 1.25 bits per heavy atom. The highest BCUT2D eigenvalue weighted by Gasteiger charge is 2.24. The summed E-state index contributed by atoms with van der Waals surface area (Å²) in [5.41, 5.74) is 0. The molecule has 0 saturated carbocycles. The summed E-state index contributed by atoms with van der Waals surface area (Å²) in [6, 6.07) is 4.23. The van der Waals surface area contributed by atoms with Gasteiger partial charge in [-0.25, -0.2) is 0 Å². The van der Waals surface area contributed by atoms with Crippen LogP contribution in [-0.4, -0.2) is 70.4 Å². The normalized spacial score (nSPS) is 15.9. The average molecular weight is 576 g/mol. The molecule has 0 aromatic carbocycles. The molecule has 180 valence electrons. The van der Waals surface area contributed by atoms with E-state index in [-0.39, 0.29) is 30.0 Å². The minimum absolute atomic E-state index is 0. The van der Waals surface area contributed by atoms with Crippen molar-refractivity contribution < 1.29 is 4.42 Å². The Kier molecular flexibility index (Phi) is 13.1. The lowest BCUT2D eigenvalue weighted by Gasteiger charge is -2.32. The van der Waals surface area contributed by atoms with Crippen LogP contribution < -0.4 is 10.6 Å². The summed E-state index contributed by atoms with van der Waals surface area (Å²) in [5.74, 6) is 4.02. The average Bonchev–Trinajstić information content (AvgIpc) is 3.49. The largest absolute Gasteiger partial charge is 0.468 e. The topological polar surface area (TPSA) is 83.5 Å². The molecular weight excluding hydrogens is 537 g/mol. The van der Waals surface area contributed by atoms with Gasteiger partial charge in [0, 0.05) is 26.1 Å². The van der Waals surface area contributed by atoms with Crippen LogP contribution in [0, 0.1) is 0 Å². The first-order valence-electron chi connectivity index (χ1n) is 11.5. The van der Waals surface area contributed by atoms with E-state index < -0.39 is 0 Å². The van der Waals surface area contributed by atoms with Gasteiger partial charge >= 0.3 is 0 Å². The lowest BCUT2D eigenvalue weighted by Crippen LogP contribution is -2.41. The molecule has 1 atom stereocenters. The van der Waals surface area contributed by atoms with Gasteiger partial charge in [-0.1, -0.05) is 13.3 Å². The van der Waals surface area contributed by atoms with Gasteiger partial charge in [0.05, 0.1) is 18.8 Å². The van der Waals surface area contributed by atoms with Crippen LogP contribution in [0.15, 0.2) is 34.1 Å². The molecule has 0 amide bonds. The van der Waals surface area contributed by atoms with E-state index in [2.05, 4.69) is 49.5 Å². The fourth-order valence-corrected chi connectivity index (χ4v) is 4.34. The van der Waals surface area contributed by atoms with Crippen molar-refractivity contribution in [2.24, 2.45) is 4.99 Å². The molecule has 2 aromatic rings. The summed E-state index contributed by atoms with van der Waals surface area (Å²) in [6.07, 6.45) is 11.5. The maximum atomic E-state index is 5.78. The zero-order chi connectivity index (χ0) is 21.7. The fourth-order valence-electron chi connectivity index (χ4n) is 3.91. The summed E-state index contributed by atoms with van der Waals surface area (Å²) < 4.78 is 7.87. The van der Waals surface area contributed by atoms with Gasteiger partial charge in [-0.15, -0.1) is 34.2 Å². The number of nitrogens with zero attached hydrogens (tertiary/aromatic N) is 5. The molecule has 1 aliphatic heterocycles. The van der Waals surface area contributed by atoms with Crippen molar-refractivity contribution in [1.29, 1.82) is 0 Å². The smallest absolute Gasteiger partial charge is 0.191 e. The van der Waals surface area contributed by atoms with E-state index in [0.29, 0.717) is 6.54 Å². The van der Waals surface area contributed by atoms with Gasteiger partial charge in [-0.05, 0) is 56.5 Å². The number of hydrogen-bond acceptors (Lipinski definition) is 6. The third-order valence-corrected chi connectivity index (χ3v) is 6.30. The van der Waals surface area contributed by atoms with E-state index >= 15 is 0 Å². The number of hydrogen-bond donors (Lipinski definition) is 2. The van der Waals surface area contributed by atoms with Crippen molar-refractivity contribution in [3.8, 4) is 0 Å². The molecule has 8 nitrogen and oxygen atoms in total. The molecule has 1 fully saturated rings. The van der Waals surface area contributed by atoms with Crippen LogP contribution in [0.5, 0.6) is 0 Å². The molecule has 10 heteroatoms. The highest BCUT2D eigenvalue weighted by atomic mass is 127. The zero-order valence-electron chi connectivity index (χ0n) is 19.3. The second-order valence-corrected chi connectivity index (χ2v) is 8.80. The monoisotopic (exact) mass is 575 g/mol. The molecule has 1 aliphatic rings. The van der Waals surface area contributed by atoms with Gasteiger partial charge in [-0.2, -0.15) is 11.8 Å². The standard InChI is InChI=1S/C22H37N7OS.HI/c1-3-21-27-26-18-29(21)14-11-24-22(23-10-8-16-31-2)25-17-19(20-9-7-15-30-20)28-12-5-4-6-13-28;/h7,9,15,18-19H,3-6,8,10-14,16-17H2,1-2H3,(H2,23,24,25);1H. The molecule has 2 N–H and O–H groups in total. The van der Waals surface area contributed by atoms with E-state index in [1.165, 1.54) is 19.3 Å². The van der Waals surface area contributed by atoms with Gasteiger partial charge in [0.15, 0.2) is 5.96 Å². The molecule has 0 spiro atoms. The highest BCUT2D eigenvalue weighted by molar-refractivity contribution is 14.0. The van der Waals surface area contributed by atoms with Gasteiger partial charge in [0.2, 0.25) is 0 Å². The van der Waals surface area contributed by atoms with Crippen LogP contribution in [0.4, 0.5) is 0 Å². The summed E-state index contributed by atoms with van der Waals surface area (Å²) in [7, 11) is 0. The van der Waals surface area contributed by atoms with Crippen molar-refractivity contribution in [3.05, 3.63) is 36.3 Å².